The fourth-order valence-corrected chi connectivity index (χ4v) is 1.15. The summed E-state index contributed by atoms with van der Waals surface area (Å²) in [5.74, 6) is 1.88. The number of nitriles is 1. The molecule has 4 heteroatoms. The zero-order valence-corrected chi connectivity index (χ0v) is 8.27. The van der Waals surface area contributed by atoms with Crippen LogP contribution in [-0.2, 0) is 0 Å². The lowest BCUT2D eigenvalue weighted by Crippen LogP contribution is -2.04. The SMILES string of the molecule is CSCCNc1ccc(C#N)cn1. The van der Waals surface area contributed by atoms with Crippen LogP contribution in [0.5, 0.6) is 0 Å². The molecule has 0 saturated heterocycles. The van der Waals surface area contributed by atoms with Crippen molar-refractivity contribution >= 4 is 17.6 Å². The molecule has 0 radical (unpaired) electrons. The van der Waals surface area contributed by atoms with E-state index in [1.54, 1.807) is 24.0 Å². The molecule has 0 aromatic carbocycles. The van der Waals surface area contributed by atoms with Crippen LogP contribution in [0.1, 0.15) is 5.56 Å². The van der Waals surface area contributed by atoms with E-state index in [9.17, 15) is 0 Å². The Morgan fingerprint density at radius 2 is 2.46 bits per heavy atom. The van der Waals surface area contributed by atoms with Crippen LogP contribution >= 0.6 is 11.8 Å². The monoisotopic (exact) mass is 193 g/mol. The highest BCUT2D eigenvalue weighted by Gasteiger charge is 1.93. The van der Waals surface area contributed by atoms with E-state index in [-0.39, 0.29) is 0 Å². The fourth-order valence-electron chi connectivity index (χ4n) is 0.846. The number of rotatable bonds is 4. The molecule has 68 valence electrons. The van der Waals surface area contributed by atoms with Crippen molar-refractivity contribution in [1.29, 1.82) is 5.26 Å². The maximum Gasteiger partial charge on any atom is 0.125 e. The molecule has 1 aromatic heterocycles. The van der Waals surface area contributed by atoms with Crippen molar-refractivity contribution in [2.24, 2.45) is 0 Å². The molecular weight excluding hydrogens is 182 g/mol. The van der Waals surface area contributed by atoms with Gasteiger partial charge in [0.15, 0.2) is 0 Å². The molecule has 0 unspecified atom stereocenters. The second-order valence-corrected chi connectivity index (χ2v) is 3.45. The molecule has 0 atom stereocenters. The minimum absolute atomic E-state index is 0.593. The molecule has 0 spiro atoms. The van der Waals surface area contributed by atoms with E-state index in [0.717, 1.165) is 18.1 Å². The van der Waals surface area contributed by atoms with Crippen molar-refractivity contribution in [3.8, 4) is 6.07 Å². The van der Waals surface area contributed by atoms with Crippen molar-refractivity contribution < 1.29 is 0 Å². The molecular formula is C9H11N3S. The summed E-state index contributed by atoms with van der Waals surface area (Å²) in [7, 11) is 0. The number of hydrogen-bond donors (Lipinski definition) is 1. The van der Waals surface area contributed by atoms with E-state index >= 15 is 0 Å². The molecule has 0 aliphatic rings. The summed E-state index contributed by atoms with van der Waals surface area (Å²) in [6.07, 6.45) is 3.63. The Bertz CT molecular complexity index is 289. The minimum atomic E-state index is 0.593. The Kier molecular flexibility index (Phi) is 4.13. The first kappa shape index (κ1) is 9.87. The summed E-state index contributed by atoms with van der Waals surface area (Å²) in [4.78, 5) is 4.08. The van der Waals surface area contributed by atoms with Crippen LogP contribution in [0, 0.1) is 11.3 Å². The van der Waals surface area contributed by atoms with Gasteiger partial charge >= 0.3 is 0 Å². The van der Waals surface area contributed by atoms with Crippen molar-refractivity contribution in [2.75, 3.05) is 23.9 Å². The van der Waals surface area contributed by atoms with E-state index in [4.69, 9.17) is 5.26 Å². The first-order valence-electron chi connectivity index (χ1n) is 3.96. The summed E-state index contributed by atoms with van der Waals surface area (Å²) < 4.78 is 0. The number of nitrogens with zero attached hydrogens (tertiary/aromatic N) is 2. The summed E-state index contributed by atoms with van der Waals surface area (Å²) in [6.45, 7) is 0.903. The molecule has 0 fully saturated rings. The van der Waals surface area contributed by atoms with E-state index in [1.807, 2.05) is 12.1 Å². The molecule has 13 heavy (non-hydrogen) atoms. The maximum absolute atomic E-state index is 8.53. The second kappa shape index (κ2) is 5.44. The van der Waals surface area contributed by atoms with Gasteiger partial charge in [0.25, 0.3) is 0 Å². The van der Waals surface area contributed by atoms with Crippen LogP contribution in [0.3, 0.4) is 0 Å². The lowest BCUT2D eigenvalue weighted by atomic mass is 10.3. The summed E-state index contributed by atoms with van der Waals surface area (Å²) in [6, 6.07) is 5.60. The highest BCUT2D eigenvalue weighted by atomic mass is 32.2. The van der Waals surface area contributed by atoms with E-state index in [0.29, 0.717) is 5.56 Å². The molecule has 0 aliphatic carbocycles. The number of hydrogen-bond acceptors (Lipinski definition) is 4. The molecule has 0 amide bonds. The van der Waals surface area contributed by atoms with Crippen LogP contribution in [0.4, 0.5) is 5.82 Å². The van der Waals surface area contributed by atoms with Gasteiger partial charge in [0.05, 0.1) is 5.56 Å². The molecule has 1 aromatic rings. The molecule has 1 heterocycles. The lowest BCUT2D eigenvalue weighted by Gasteiger charge is -2.02. The number of aromatic nitrogens is 1. The Morgan fingerprint density at radius 3 is 3.00 bits per heavy atom. The number of anilines is 1. The van der Waals surface area contributed by atoms with Gasteiger partial charge in [-0.2, -0.15) is 17.0 Å². The van der Waals surface area contributed by atoms with Crippen molar-refractivity contribution in [3.63, 3.8) is 0 Å². The highest BCUT2D eigenvalue weighted by molar-refractivity contribution is 7.98. The van der Waals surface area contributed by atoms with E-state index < -0.39 is 0 Å². The molecule has 0 saturated carbocycles. The quantitative estimate of drug-likeness (QED) is 0.740. The van der Waals surface area contributed by atoms with Crippen molar-refractivity contribution in [3.05, 3.63) is 23.9 Å². The molecule has 3 nitrogen and oxygen atoms in total. The first-order chi connectivity index (χ1) is 6.36. The zero-order valence-electron chi connectivity index (χ0n) is 7.45. The van der Waals surface area contributed by atoms with Gasteiger partial charge < -0.3 is 5.32 Å². The van der Waals surface area contributed by atoms with Gasteiger partial charge in [-0.3, -0.25) is 0 Å². The Morgan fingerprint density at radius 1 is 1.62 bits per heavy atom. The lowest BCUT2D eigenvalue weighted by molar-refractivity contribution is 1.17. The topological polar surface area (TPSA) is 48.7 Å². The third-order valence-corrected chi connectivity index (χ3v) is 2.12. The smallest absolute Gasteiger partial charge is 0.125 e. The van der Waals surface area contributed by atoms with Crippen LogP contribution in [-0.4, -0.2) is 23.5 Å². The fraction of sp³-hybridized carbons (Fsp3) is 0.333. The molecule has 1 N–H and O–H groups in total. The minimum Gasteiger partial charge on any atom is -0.369 e. The predicted molar refractivity (Wildman–Crippen MR) is 55.8 cm³/mol. The van der Waals surface area contributed by atoms with Gasteiger partial charge in [-0.25, -0.2) is 4.98 Å². The number of nitrogens with one attached hydrogen (secondary N) is 1. The summed E-state index contributed by atoms with van der Waals surface area (Å²) in [5, 5.41) is 11.7. The predicted octanol–water partition coefficient (Wildman–Crippen LogP) is 1.73. The Labute approximate surface area is 82.2 Å². The van der Waals surface area contributed by atoms with Crippen molar-refractivity contribution in [1.82, 2.24) is 4.98 Å². The number of pyridine rings is 1. The molecule has 0 bridgehead atoms. The second-order valence-electron chi connectivity index (χ2n) is 2.46. The van der Waals surface area contributed by atoms with Gasteiger partial charge in [0.2, 0.25) is 0 Å². The first-order valence-corrected chi connectivity index (χ1v) is 5.35. The van der Waals surface area contributed by atoms with Gasteiger partial charge in [0.1, 0.15) is 11.9 Å². The van der Waals surface area contributed by atoms with Gasteiger partial charge in [-0.05, 0) is 18.4 Å². The normalized spacial score (nSPS) is 9.23. The maximum atomic E-state index is 8.53. The van der Waals surface area contributed by atoms with Gasteiger partial charge in [0, 0.05) is 18.5 Å². The van der Waals surface area contributed by atoms with Crippen molar-refractivity contribution in [2.45, 2.75) is 0 Å². The summed E-state index contributed by atoms with van der Waals surface area (Å²) in [5.41, 5.74) is 0.593. The molecule has 1 rings (SSSR count). The van der Waals surface area contributed by atoms with Gasteiger partial charge in [-0.15, -0.1) is 0 Å². The highest BCUT2D eigenvalue weighted by Crippen LogP contribution is 2.03. The van der Waals surface area contributed by atoms with Crippen LogP contribution < -0.4 is 5.32 Å². The summed E-state index contributed by atoms with van der Waals surface area (Å²) >= 11 is 1.79. The third kappa shape index (κ3) is 3.34. The van der Waals surface area contributed by atoms with Crippen LogP contribution in [0.15, 0.2) is 18.3 Å². The van der Waals surface area contributed by atoms with E-state index in [1.165, 1.54) is 0 Å². The average Bonchev–Trinajstić information content (AvgIpc) is 2.19. The molecule has 0 aliphatic heterocycles. The van der Waals surface area contributed by atoms with E-state index in [2.05, 4.69) is 16.6 Å². The number of thioether (sulfide) groups is 1. The third-order valence-electron chi connectivity index (χ3n) is 1.50. The standard InChI is InChI=1S/C9H11N3S/c1-13-5-4-11-9-3-2-8(6-10)7-12-9/h2-3,7H,4-5H2,1H3,(H,11,12). The average molecular weight is 193 g/mol. The zero-order chi connectivity index (χ0) is 9.52. The van der Waals surface area contributed by atoms with Gasteiger partial charge in [-0.1, -0.05) is 0 Å². The van der Waals surface area contributed by atoms with Crippen LogP contribution in [0.2, 0.25) is 0 Å². The Hall–Kier alpha value is -1.21. The Balaban J connectivity index is 2.46. The largest absolute Gasteiger partial charge is 0.369 e. The van der Waals surface area contributed by atoms with Crippen LogP contribution in [0.25, 0.3) is 0 Å².